The molecule has 0 bridgehead atoms. The van der Waals surface area contributed by atoms with Crippen LogP contribution in [0.1, 0.15) is 56.5 Å². The maximum Gasteiger partial charge on any atom is 0.323 e. The minimum Gasteiger partial charge on any atom is -0.483 e. The van der Waals surface area contributed by atoms with Gasteiger partial charge < -0.3 is 15.2 Å². The minimum atomic E-state index is -0.861. The summed E-state index contributed by atoms with van der Waals surface area (Å²) in [6.07, 6.45) is -0.0728. The first-order valence-electron chi connectivity index (χ1n) is 9.18. The van der Waals surface area contributed by atoms with Crippen molar-refractivity contribution in [2.45, 2.75) is 58.3 Å². The maximum atomic E-state index is 12.6. The van der Waals surface area contributed by atoms with Crippen LogP contribution in [0, 0.1) is 5.92 Å². The molecule has 0 saturated carbocycles. The molecule has 2 aliphatic rings. The fraction of sp³-hybridized carbons (Fsp3) is 0.476. The predicted molar refractivity (Wildman–Crippen MR) is 99.8 cm³/mol. The molecule has 0 fully saturated rings. The number of hydrogen-bond donors (Lipinski definition) is 1. The Morgan fingerprint density at radius 2 is 1.85 bits per heavy atom. The number of ketones is 2. The topological polar surface area (TPSA) is 95.7 Å². The van der Waals surface area contributed by atoms with E-state index in [4.69, 9.17) is 15.2 Å². The maximum absolute atomic E-state index is 12.6. The molecule has 6 heteroatoms. The summed E-state index contributed by atoms with van der Waals surface area (Å²) in [5, 5.41) is 0. The van der Waals surface area contributed by atoms with Crippen molar-refractivity contribution in [1.82, 2.24) is 0 Å². The lowest BCUT2D eigenvalue weighted by Crippen LogP contribution is -2.49. The molecule has 1 aliphatic carbocycles. The fourth-order valence-corrected chi connectivity index (χ4v) is 3.48. The first-order valence-corrected chi connectivity index (χ1v) is 9.18. The molecule has 0 spiro atoms. The summed E-state index contributed by atoms with van der Waals surface area (Å²) < 4.78 is 11.7. The van der Waals surface area contributed by atoms with Crippen LogP contribution in [0.5, 0.6) is 0 Å². The number of rotatable bonds is 4. The SMILES string of the molecule is CC(C)CC(N)C(=O)OC1CC2=C(OC1(C)C)c1ccccc1C(=O)C2=O. The zero-order chi connectivity index (χ0) is 19.9. The molecule has 2 N–H and O–H groups in total. The molecule has 6 nitrogen and oxygen atoms in total. The standard InChI is InChI=1S/C21H25NO5/c1-11(2)9-15(22)20(25)26-16-10-14-18(24)17(23)12-7-5-6-8-13(12)19(14)27-21(16,3)4/h5-8,11,15-16H,9-10,22H2,1-4H3. The van der Waals surface area contributed by atoms with Gasteiger partial charge in [0, 0.05) is 17.5 Å². The van der Waals surface area contributed by atoms with Gasteiger partial charge in [0.2, 0.25) is 11.6 Å². The number of carbonyl (C=O) groups excluding carboxylic acids is 3. The molecular weight excluding hydrogens is 346 g/mol. The molecule has 1 heterocycles. The highest BCUT2D eigenvalue weighted by atomic mass is 16.6. The molecule has 3 rings (SSSR count). The summed E-state index contributed by atoms with van der Waals surface area (Å²) >= 11 is 0. The summed E-state index contributed by atoms with van der Waals surface area (Å²) in [4.78, 5) is 37.4. The van der Waals surface area contributed by atoms with Crippen LogP contribution in [0.3, 0.4) is 0 Å². The van der Waals surface area contributed by atoms with E-state index in [1.165, 1.54) is 0 Å². The third-order valence-corrected chi connectivity index (χ3v) is 4.99. The van der Waals surface area contributed by atoms with Gasteiger partial charge in [0.25, 0.3) is 0 Å². The summed E-state index contributed by atoms with van der Waals surface area (Å²) in [6.45, 7) is 7.54. The van der Waals surface area contributed by atoms with Crippen molar-refractivity contribution in [3.05, 3.63) is 41.0 Å². The van der Waals surface area contributed by atoms with E-state index in [0.717, 1.165) is 0 Å². The number of ether oxygens (including phenoxy) is 2. The van der Waals surface area contributed by atoms with Crippen molar-refractivity contribution >= 4 is 23.3 Å². The number of Topliss-reactive ketones (excluding diaryl/α,β-unsaturated/α-hetero) is 2. The zero-order valence-electron chi connectivity index (χ0n) is 16.1. The Hall–Kier alpha value is -2.47. The average Bonchev–Trinajstić information content (AvgIpc) is 2.60. The normalized spacial score (nSPS) is 22.1. The first-order chi connectivity index (χ1) is 12.6. The van der Waals surface area contributed by atoms with Gasteiger partial charge in [0.1, 0.15) is 23.5 Å². The van der Waals surface area contributed by atoms with Crippen LogP contribution in [-0.2, 0) is 19.1 Å². The van der Waals surface area contributed by atoms with Crippen molar-refractivity contribution in [2.75, 3.05) is 0 Å². The predicted octanol–water partition coefficient (Wildman–Crippen LogP) is 2.65. The Morgan fingerprint density at radius 1 is 1.22 bits per heavy atom. The Bertz CT molecular complexity index is 837. The van der Waals surface area contributed by atoms with Gasteiger partial charge in [0.15, 0.2) is 0 Å². The second-order valence-corrected chi connectivity index (χ2v) is 8.08. The second-order valence-electron chi connectivity index (χ2n) is 8.08. The van der Waals surface area contributed by atoms with E-state index in [0.29, 0.717) is 23.3 Å². The number of carbonyl (C=O) groups is 3. The van der Waals surface area contributed by atoms with E-state index in [9.17, 15) is 14.4 Å². The highest BCUT2D eigenvalue weighted by Crippen LogP contribution is 2.42. The molecule has 1 aliphatic heterocycles. The van der Waals surface area contributed by atoms with Gasteiger partial charge in [-0.25, -0.2) is 0 Å². The van der Waals surface area contributed by atoms with E-state index in [-0.39, 0.29) is 17.9 Å². The van der Waals surface area contributed by atoms with Crippen LogP contribution >= 0.6 is 0 Å². The van der Waals surface area contributed by atoms with Crippen molar-refractivity contribution in [1.29, 1.82) is 0 Å². The highest BCUT2D eigenvalue weighted by Gasteiger charge is 2.47. The zero-order valence-corrected chi connectivity index (χ0v) is 16.1. The number of fused-ring (bicyclic) bond motifs is 2. The van der Waals surface area contributed by atoms with Crippen LogP contribution in [0.15, 0.2) is 29.8 Å². The number of nitrogens with two attached hydrogens (primary N) is 1. The first kappa shape index (κ1) is 19.3. The average molecular weight is 371 g/mol. The van der Waals surface area contributed by atoms with Crippen LogP contribution in [0.2, 0.25) is 0 Å². The van der Waals surface area contributed by atoms with Crippen molar-refractivity contribution < 1.29 is 23.9 Å². The summed E-state index contributed by atoms with van der Waals surface area (Å²) in [5.74, 6) is -1.03. The Balaban J connectivity index is 1.91. The smallest absolute Gasteiger partial charge is 0.323 e. The lowest BCUT2D eigenvalue weighted by Gasteiger charge is -2.41. The van der Waals surface area contributed by atoms with Gasteiger partial charge in [-0.1, -0.05) is 38.1 Å². The minimum absolute atomic E-state index is 0.126. The van der Waals surface area contributed by atoms with Gasteiger partial charge in [-0.15, -0.1) is 0 Å². The second kappa shape index (κ2) is 6.93. The Morgan fingerprint density at radius 3 is 2.48 bits per heavy atom. The quantitative estimate of drug-likeness (QED) is 0.646. The largest absolute Gasteiger partial charge is 0.483 e. The summed E-state index contributed by atoms with van der Waals surface area (Å²) in [6, 6.07) is 6.15. The van der Waals surface area contributed by atoms with Gasteiger partial charge in [-0.3, -0.25) is 14.4 Å². The van der Waals surface area contributed by atoms with Crippen LogP contribution < -0.4 is 5.73 Å². The molecule has 1 aromatic rings. The van der Waals surface area contributed by atoms with Crippen molar-refractivity contribution in [2.24, 2.45) is 11.7 Å². The van der Waals surface area contributed by atoms with E-state index in [1.54, 1.807) is 38.1 Å². The molecule has 2 atom stereocenters. The molecule has 144 valence electrons. The molecule has 1 aromatic carbocycles. The molecule has 0 aromatic heterocycles. The number of esters is 1. The van der Waals surface area contributed by atoms with E-state index in [2.05, 4.69) is 0 Å². The molecule has 0 amide bonds. The lowest BCUT2D eigenvalue weighted by atomic mass is 9.81. The van der Waals surface area contributed by atoms with E-state index >= 15 is 0 Å². The molecule has 0 radical (unpaired) electrons. The van der Waals surface area contributed by atoms with Crippen molar-refractivity contribution in [3.8, 4) is 0 Å². The third-order valence-electron chi connectivity index (χ3n) is 4.99. The third kappa shape index (κ3) is 3.54. The van der Waals surface area contributed by atoms with Gasteiger partial charge in [0.05, 0.1) is 5.57 Å². The molecule has 0 saturated heterocycles. The Labute approximate surface area is 158 Å². The Kier molecular flexibility index (Phi) is 4.95. The van der Waals surface area contributed by atoms with Gasteiger partial charge >= 0.3 is 5.97 Å². The molecular formula is C21H25NO5. The van der Waals surface area contributed by atoms with E-state index < -0.39 is 35.3 Å². The molecule has 27 heavy (non-hydrogen) atoms. The number of hydrogen-bond acceptors (Lipinski definition) is 6. The lowest BCUT2D eigenvalue weighted by molar-refractivity contribution is -0.165. The molecule has 2 unspecified atom stereocenters. The van der Waals surface area contributed by atoms with Crippen molar-refractivity contribution in [3.63, 3.8) is 0 Å². The van der Waals surface area contributed by atoms with Crippen LogP contribution in [0.4, 0.5) is 0 Å². The number of benzene rings is 1. The van der Waals surface area contributed by atoms with Crippen LogP contribution in [-0.4, -0.2) is 35.3 Å². The van der Waals surface area contributed by atoms with Gasteiger partial charge in [-0.05, 0) is 26.2 Å². The van der Waals surface area contributed by atoms with Crippen LogP contribution in [0.25, 0.3) is 5.76 Å². The van der Waals surface area contributed by atoms with E-state index in [1.807, 2.05) is 13.8 Å². The summed E-state index contributed by atoms with van der Waals surface area (Å²) in [5.41, 5.74) is 6.26. The highest BCUT2D eigenvalue weighted by molar-refractivity contribution is 6.52. The monoisotopic (exact) mass is 371 g/mol. The van der Waals surface area contributed by atoms with Gasteiger partial charge in [-0.2, -0.15) is 0 Å². The fourth-order valence-electron chi connectivity index (χ4n) is 3.48. The summed E-state index contributed by atoms with van der Waals surface area (Å²) in [7, 11) is 0.